The van der Waals surface area contributed by atoms with Crippen LogP contribution in [0.4, 0.5) is 34.1 Å². The molecular weight excluding hydrogens is 797 g/mol. The zero-order valence-electron chi connectivity index (χ0n) is 36.8. The van der Waals surface area contributed by atoms with Crippen LogP contribution in [-0.2, 0) is 10.8 Å². The van der Waals surface area contributed by atoms with Gasteiger partial charge in [0.2, 0.25) is 0 Å². The first-order valence-electron chi connectivity index (χ1n) is 23.2. The van der Waals surface area contributed by atoms with Crippen molar-refractivity contribution in [3.05, 3.63) is 264 Å². The van der Waals surface area contributed by atoms with Gasteiger partial charge in [0.25, 0.3) is 0 Å². The predicted octanol–water partition coefficient (Wildman–Crippen LogP) is 17.1. The lowest BCUT2D eigenvalue weighted by atomic mass is 9.64. The minimum atomic E-state index is -0.577. The lowest BCUT2D eigenvalue weighted by molar-refractivity contribution is 0.660. The second-order valence-corrected chi connectivity index (χ2v) is 18.8. The first-order chi connectivity index (χ1) is 32.5. The van der Waals surface area contributed by atoms with E-state index in [1.165, 1.54) is 99.3 Å². The maximum absolute atomic E-state index is 2.56. The Bertz CT molecular complexity index is 3740. The molecule has 0 radical (unpaired) electrons. The van der Waals surface area contributed by atoms with Crippen LogP contribution < -0.4 is 9.80 Å². The normalized spacial score (nSPS) is 14.4. The molecule has 2 aliphatic carbocycles. The van der Waals surface area contributed by atoms with Gasteiger partial charge in [0.05, 0.1) is 22.5 Å². The van der Waals surface area contributed by atoms with Crippen LogP contribution in [0.25, 0.3) is 54.6 Å². The molecule has 0 aromatic heterocycles. The molecule has 3 aliphatic rings. The summed E-state index contributed by atoms with van der Waals surface area (Å²) in [6, 6.07) is 86.5. The van der Waals surface area contributed by atoms with Gasteiger partial charge in [-0.25, -0.2) is 0 Å². The molecule has 0 N–H and O–H groups in total. The number of rotatable bonds is 4. The van der Waals surface area contributed by atoms with E-state index >= 15 is 0 Å². The Labute approximate surface area is 385 Å². The third kappa shape index (κ3) is 4.85. The Morgan fingerprint density at radius 3 is 1.50 bits per heavy atom. The van der Waals surface area contributed by atoms with Crippen LogP contribution in [0.2, 0.25) is 0 Å². The molecule has 2 heteroatoms. The van der Waals surface area contributed by atoms with Gasteiger partial charge in [-0.15, -0.1) is 0 Å². The Kier molecular flexibility index (Phi) is 7.70. The van der Waals surface area contributed by atoms with Gasteiger partial charge < -0.3 is 9.80 Å². The van der Waals surface area contributed by atoms with Gasteiger partial charge in [-0.3, -0.25) is 0 Å². The number of hydrogen-bond acceptors (Lipinski definition) is 2. The quantitative estimate of drug-likeness (QED) is 0.163. The number of hydrogen-bond donors (Lipinski definition) is 0. The van der Waals surface area contributed by atoms with Crippen molar-refractivity contribution < 1.29 is 0 Å². The van der Waals surface area contributed by atoms with Crippen molar-refractivity contribution >= 4 is 66.4 Å². The summed E-state index contributed by atoms with van der Waals surface area (Å²) in [5, 5.41) is 7.61. The Balaban J connectivity index is 1.08. The summed E-state index contributed by atoms with van der Waals surface area (Å²) in [6.07, 6.45) is 0. The van der Waals surface area contributed by atoms with Crippen molar-refractivity contribution in [1.82, 2.24) is 0 Å². The van der Waals surface area contributed by atoms with Gasteiger partial charge in [-0.2, -0.15) is 0 Å². The predicted molar refractivity (Wildman–Crippen MR) is 277 cm³/mol. The summed E-state index contributed by atoms with van der Waals surface area (Å²) in [5.74, 6) is 0. The molecule has 0 bridgehead atoms. The molecule has 0 fully saturated rings. The fraction of sp³-hybridized carbons (Fsp3) is 0.0625. The third-order valence-electron chi connectivity index (χ3n) is 15.2. The summed E-state index contributed by atoms with van der Waals surface area (Å²) in [4.78, 5) is 5.02. The van der Waals surface area contributed by atoms with Gasteiger partial charge in [0, 0.05) is 28.0 Å². The van der Waals surface area contributed by atoms with E-state index < -0.39 is 5.41 Å². The highest BCUT2D eigenvalue weighted by Crippen LogP contribution is 2.65. The molecule has 0 unspecified atom stereocenters. The van der Waals surface area contributed by atoms with Crippen LogP contribution >= 0.6 is 0 Å². The van der Waals surface area contributed by atoms with E-state index in [0.717, 1.165) is 22.7 Å². The van der Waals surface area contributed by atoms with E-state index in [0.29, 0.717) is 0 Å². The molecule has 1 aliphatic heterocycles. The molecule has 1 spiro atoms. The second-order valence-electron chi connectivity index (χ2n) is 18.8. The summed E-state index contributed by atoms with van der Waals surface area (Å²) < 4.78 is 0. The minimum Gasteiger partial charge on any atom is -0.310 e. The molecule has 14 rings (SSSR count). The second kappa shape index (κ2) is 13.7. The zero-order chi connectivity index (χ0) is 43.7. The van der Waals surface area contributed by atoms with Crippen molar-refractivity contribution in [1.29, 1.82) is 0 Å². The highest BCUT2D eigenvalue weighted by Gasteiger charge is 2.52. The van der Waals surface area contributed by atoms with Gasteiger partial charge in [-0.1, -0.05) is 190 Å². The Hall–Kier alpha value is -8.20. The summed E-state index contributed by atoms with van der Waals surface area (Å²) in [6.45, 7) is 4.77. The highest BCUT2D eigenvalue weighted by molar-refractivity contribution is 6.26. The van der Waals surface area contributed by atoms with Crippen LogP contribution in [0.5, 0.6) is 0 Å². The summed E-state index contributed by atoms with van der Waals surface area (Å²) >= 11 is 0. The Morgan fingerprint density at radius 1 is 0.333 bits per heavy atom. The van der Waals surface area contributed by atoms with Crippen molar-refractivity contribution in [3.63, 3.8) is 0 Å². The summed E-state index contributed by atoms with van der Waals surface area (Å²) in [5.41, 5.74) is 19.3. The average molecular weight is 841 g/mol. The van der Waals surface area contributed by atoms with Crippen molar-refractivity contribution in [2.45, 2.75) is 24.7 Å². The third-order valence-corrected chi connectivity index (χ3v) is 15.2. The fourth-order valence-corrected chi connectivity index (χ4v) is 12.5. The molecule has 11 aromatic rings. The van der Waals surface area contributed by atoms with Crippen LogP contribution in [0.1, 0.15) is 47.2 Å². The molecule has 0 saturated carbocycles. The van der Waals surface area contributed by atoms with E-state index in [-0.39, 0.29) is 5.41 Å². The van der Waals surface area contributed by atoms with Crippen LogP contribution in [-0.4, -0.2) is 0 Å². The zero-order valence-corrected chi connectivity index (χ0v) is 36.8. The number of para-hydroxylation sites is 3. The monoisotopic (exact) mass is 840 g/mol. The molecule has 66 heavy (non-hydrogen) atoms. The van der Waals surface area contributed by atoms with E-state index in [9.17, 15) is 0 Å². The van der Waals surface area contributed by atoms with Gasteiger partial charge in [-0.05, 0) is 137 Å². The standard InChI is InChI=1S/C64H44N2/c1-63(2)53-27-12-10-25-49(53)50-38-36-43(40-58(50)63)65(42-35-37-48-46-23-7-6-21-44(46)45-22-8-9-24-47(45)52(48)39-42)61-34-18-31-57-62(61)51-26-11-13-28-54(51)64(57)55-29-14-16-32-59(55)66(41-19-4-3-5-20-41)60-33-17-15-30-56(60)64/h3-40H,1-2H3. The summed E-state index contributed by atoms with van der Waals surface area (Å²) in [7, 11) is 0. The van der Waals surface area contributed by atoms with Crippen LogP contribution in [0.15, 0.2) is 231 Å². The highest BCUT2D eigenvalue weighted by atomic mass is 15.2. The molecule has 11 aromatic carbocycles. The van der Waals surface area contributed by atoms with Crippen molar-refractivity contribution in [2.24, 2.45) is 0 Å². The lowest BCUT2D eigenvalue weighted by Crippen LogP contribution is -2.36. The maximum Gasteiger partial charge on any atom is 0.0755 e. The lowest BCUT2D eigenvalue weighted by Gasteiger charge is -2.45. The first-order valence-corrected chi connectivity index (χ1v) is 23.2. The maximum atomic E-state index is 2.56. The Morgan fingerprint density at radius 2 is 0.818 bits per heavy atom. The van der Waals surface area contributed by atoms with Crippen LogP contribution in [0.3, 0.4) is 0 Å². The number of anilines is 6. The van der Waals surface area contributed by atoms with Gasteiger partial charge >= 0.3 is 0 Å². The largest absolute Gasteiger partial charge is 0.310 e. The fourth-order valence-electron chi connectivity index (χ4n) is 12.5. The number of benzene rings is 11. The SMILES string of the molecule is CC1(C)c2ccccc2-c2ccc(N(c3ccc4c5ccccc5c5ccccc5c4c3)c3cccc4c3-c3ccccc3C43c4ccccc4N(c4ccccc4)c4ccccc43)cc21. The molecule has 2 nitrogen and oxygen atoms in total. The molecular formula is C64H44N2. The first kappa shape index (κ1) is 37.2. The van der Waals surface area contributed by atoms with Crippen molar-refractivity contribution in [2.75, 3.05) is 9.80 Å². The minimum absolute atomic E-state index is 0.165. The van der Waals surface area contributed by atoms with E-state index in [2.05, 4.69) is 254 Å². The van der Waals surface area contributed by atoms with E-state index in [4.69, 9.17) is 0 Å². The molecule has 310 valence electrons. The van der Waals surface area contributed by atoms with Crippen molar-refractivity contribution in [3.8, 4) is 22.3 Å². The molecule has 0 amide bonds. The van der Waals surface area contributed by atoms with Gasteiger partial charge in [0.1, 0.15) is 0 Å². The molecule has 0 saturated heterocycles. The number of nitrogens with zero attached hydrogens (tertiary/aromatic N) is 2. The van der Waals surface area contributed by atoms with Gasteiger partial charge in [0.15, 0.2) is 0 Å². The number of fused-ring (bicyclic) bond motifs is 18. The van der Waals surface area contributed by atoms with E-state index in [1.807, 2.05) is 0 Å². The van der Waals surface area contributed by atoms with E-state index in [1.54, 1.807) is 0 Å². The molecule has 1 heterocycles. The van der Waals surface area contributed by atoms with Crippen LogP contribution in [0, 0.1) is 0 Å². The smallest absolute Gasteiger partial charge is 0.0755 e. The average Bonchev–Trinajstić information content (AvgIpc) is 3.80. The topological polar surface area (TPSA) is 6.48 Å². The molecule has 0 atom stereocenters.